The second-order valence-electron chi connectivity index (χ2n) is 2.78. The third-order valence-corrected chi connectivity index (χ3v) is 1.79. The Bertz CT molecular complexity index is 438. The first kappa shape index (κ1) is 7.88. The zero-order valence-corrected chi connectivity index (χ0v) is 7.46. The minimum absolute atomic E-state index is 0.878. The summed E-state index contributed by atoms with van der Waals surface area (Å²) in [6.45, 7) is 2.04. The molecule has 0 atom stereocenters. The van der Waals surface area contributed by atoms with Gasteiger partial charge in [-0.3, -0.25) is 0 Å². The molecule has 0 bridgehead atoms. The number of aromatic nitrogens is 2. The molecule has 2 heterocycles. The van der Waals surface area contributed by atoms with Crippen LogP contribution in [0.4, 0.5) is 0 Å². The van der Waals surface area contributed by atoms with Crippen molar-refractivity contribution in [2.75, 3.05) is 0 Å². The zero-order valence-electron chi connectivity index (χ0n) is 7.46. The van der Waals surface area contributed by atoms with Gasteiger partial charge in [-0.1, -0.05) is 12.8 Å². The highest BCUT2D eigenvalue weighted by atomic mass is 14.8. The van der Waals surface area contributed by atoms with Gasteiger partial charge >= 0.3 is 0 Å². The molecule has 0 amide bonds. The molecular formula is C11H10N2. The summed E-state index contributed by atoms with van der Waals surface area (Å²) >= 11 is 0. The van der Waals surface area contributed by atoms with E-state index in [4.69, 9.17) is 0 Å². The van der Waals surface area contributed by atoms with Crippen LogP contribution in [0.2, 0.25) is 0 Å². The summed E-state index contributed by atoms with van der Waals surface area (Å²) in [6.07, 6.45) is 2.65. The van der Waals surface area contributed by atoms with Crippen LogP contribution < -0.4 is 0 Å². The van der Waals surface area contributed by atoms with E-state index in [9.17, 15) is 0 Å². The van der Waals surface area contributed by atoms with Crippen LogP contribution in [-0.2, 0) is 0 Å². The molecular weight excluding hydrogens is 160 g/mol. The van der Waals surface area contributed by atoms with Crippen molar-refractivity contribution < 1.29 is 0 Å². The van der Waals surface area contributed by atoms with E-state index >= 15 is 0 Å². The van der Waals surface area contributed by atoms with Gasteiger partial charge in [-0.05, 0) is 24.1 Å². The van der Waals surface area contributed by atoms with E-state index in [-0.39, 0.29) is 0 Å². The Hall–Kier alpha value is -1.75. The van der Waals surface area contributed by atoms with Crippen LogP contribution in [0.3, 0.4) is 0 Å². The van der Waals surface area contributed by atoms with E-state index in [0.717, 1.165) is 23.1 Å². The van der Waals surface area contributed by atoms with E-state index in [0.29, 0.717) is 0 Å². The zero-order chi connectivity index (χ0) is 9.10. The summed E-state index contributed by atoms with van der Waals surface area (Å²) in [5.41, 5.74) is 1.85. The molecule has 2 heteroatoms. The standard InChI is InChI=1S/C11H10N2/c1-2-3-6-10-8-9-5-4-7-12-11(9)13-10/h4-5,7-8H,2H2,1H3,(H,12,13). The second kappa shape index (κ2) is 3.32. The topological polar surface area (TPSA) is 28.7 Å². The first-order chi connectivity index (χ1) is 6.40. The lowest BCUT2D eigenvalue weighted by Crippen LogP contribution is -1.74. The maximum atomic E-state index is 4.19. The molecule has 0 unspecified atom stereocenters. The quantitative estimate of drug-likeness (QED) is 0.604. The summed E-state index contributed by atoms with van der Waals surface area (Å²) in [6, 6.07) is 5.97. The molecule has 0 aliphatic carbocycles. The van der Waals surface area contributed by atoms with Crippen LogP contribution in [0, 0.1) is 11.8 Å². The van der Waals surface area contributed by atoms with Gasteiger partial charge in [0.2, 0.25) is 0 Å². The molecule has 0 aliphatic heterocycles. The smallest absolute Gasteiger partial charge is 0.138 e. The average molecular weight is 170 g/mol. The third-order valence-electron chi connectivity index (χ3n) is 1.79. The minimum atomic E-state index is 0.878. The molecule has 0 saturated heterocycles. The summed E-state index contributed by atoms with van der Waals surface area (Å²) in [5, 5.41) is 1.11. The number of nitrogens with zero attached hydrogens (tertiary/aromatic N) is 1. The number of hydrogen-bond acceptors (Lipinski definition) is 1. The number of aromatic amines is 1. The van der Waals surface area contributed by atoms with Crippen molar-refractivity contribution in [3.63, 3.8) is 0 Å². The maximum absolute atomic E-state index is 4.19. The van der Waals surface area contributed by atoms with E-state index in [1.54, 1.807) is 6.20 Å². The van der Waals surface area contributed by atoms with Crippen LogP contribution in [-0.4, -0.2) is 9.97 Å². The van der Waals surface area contributed by atoms with E-state index < -0.39 is 0 Å². The number of fused-ring (bicyclic) bond motifs is 1. The lowest BCUT2D eigenvalue weighted by molar-refractivity contribution is 1.27. The lowest BCUT2D eigenvalue weighted by atomic mass is 10.3. The van der Waals surface area contributed by atoms with Crippen molar-refractivity contribution in [2.45, 2.75) is 13.3 Å². The molecule has 2 aromatic heterocycles. The predicted octanol–water partition coefficient (Wildman–Crippen LogP) is 2.32. The molecule has 13 heavy (non-hydrogen) atoms. The number of nitrogens with one attached hydrogen (secondary N) is 1. The van der Waals surface area contributed by atoms with Gasteiger partial charge in [0.15, 0.2) is 0 Å². The largest absolute Gasteiger partial charge is 0.333 e. The molecule has 0 saturated carbocycles. The Morgan fingerprint density at radius 1 is 1.54 bits per heavy atom. The molecule has 1 N–H and O–H groups in total. The first-order valence-electron chi connectivity index (χ1n) is 4.33. The number of pyridine rings is 1. The summed E-state index contributed by atoms with van der Waals surface area (Å²) < 4.78 is 0. The van der Waals surface area contributed by atoms with Gasteiger partial charge in [0.05, 0.1) is 5.69 Å². The van der Waals surface area contributed by atoms with Crippen LogP contribution in [0.1, 0.15) is 19.0 Å². The molecule has 2 aromatic rings. The molecule has 64 valence electrons. The molecule has 0 spiro atoms. The van der Waals surface area contributed by atoms with Gasteiger partial charge < -0.3 is 4.98 Å². The Kier molecular flexibility index (Phi) is 2.01. The SMILES string of the molecule is CCC#Cc1cc2cccnc2[nH]1. The van der Waals surface area contributed by atoms with Crippen LogP contribution in [0.25, 0.3) is 11.0 Å². The number of rotatable bonds is 0. The van der Waals surface area contributed by atoms with Gasteiger partial charge in [-0.15, -0.1) is 0 Å². The molecule has 2 nitrogen and oxygen atoms in total. The third kappa shape index (κ3) is 1.54. The monoisotopic (exact) mass is 170 g/mol. The predicted molar refractivity (Wildman–Crippen MR) is 53.3 cm³/mol. The maximum Gasteiger partial charge on any atom is 0.138 e. The lowest BCUT2D eigenvalue weighted by Gasteiger charge is -1.82. The number of H-pyrrole nitrogens is 1. The minimum Gasteiger partial charge on any atom is -0.333 e. The highest BCUT2D eigenvalue weighted by molar-refractivity contribution is 5.77. The van der Waals surface area contributed by atoms with E-state index in [2.05, 4.69) is 21.8 Å². The highest BCUT2D eigenvalue weighted by Gasteiger charge is 1.96. The summed E-state index contributed by atoms with van der Waals surface area (Å²) in [7, 11) is 0. The van der Waals surface area contributed by atoms with E-state index in [1.807, 2.05) is 25.1 Å². The van der Waals surface area contributed by atoms with Gasteiger partial charge in [0, 0.05) is 18.0 Å². The van der Waals surface area contributed by atoms with Gasteiger partial charge in [-0.2, -0.15) is 0 Å². The fourth-order valence-corrected chi connectivity index (χ4v) is 1.21. The molecule has 0 radical (unpaired) electrons. The van der Waals surface area contributed by atoms with Crippen molar-refractivity contribution in [1.29, 1.82) is 0 Å². The van der Waals surface area contributed by atoms with Gasteiger partial charge in [0.1, 0.15) is 5.65 Å². The normalized spacial score (nSPS) is 9.62. The number of hydrogen-bond donors (Lipinski definition) is 1. The van der Waals surface area contributed by atoms with Crippen LogP contribution in [0.15, 0.2) is 24.4 Å². The molecule has 0 aromatic carbocycles. The fourth-order valence-electron chi connectivity index (χ4n) is 1.21. The van der Waals surface area contributed by atoms with E-state index in [1.165, 1.54) is 0 Å². The molecule has 2 rings (SSSR count). The van der Waals surface area contributed by atoms with Crippen molar-refractivity contribution in [3.05, 3.63) is 30.1 Å². The Morgan fingerprint density at radius 3 is 3.23 bits per heavy atom. The van der Waals surface area contributed by atoms with Crippen molar-refractivity contribution >= 4 is 11.0 Å². The Balaban J connectivity index is 2.50. The Morgan fingerprint density at radius 2 is 2.46 bits per heavy atom. The van der Waals surface area contributed by atoms with Crippen LogP contribution in [0.5, 0.6) is 0 Å². The second-order valence-corrected chi connectivity index (χ2v) is 2.78. The van der Waals surface area contributed by atoms with Crippen molar-refractivity contribution in [3.8, 4) is 11.8 Å². The van der Waals surface area contributed by atoms with Gasteiger partial charge in [0.25, 0.3) is 0 Å². The first-order valence-corrected chi connectivity index (χ1v) is 4.33. The van der Waals surface area contributed by atoms with Crippen LogP contribution >= 0.6 is 0 Å². The van der Waals surface area contributed by atoms with Crippen molar-refractivity contribution in [2.24, 2.45) is 0 Å². The average Bonchev–Trinajstić information content (AvgIpc) is 2.57. The highest BCUT2D eigenvalue weighted by Crippen LogP contribution is 2.10. The Labute approximate surface area is 77.0 Å². The summed E-state index contributed by atoms with van der Waals surface area (Å²) in [4.78, 5) is 7.33. The van der Waals surface area contributed by atoms with Crippen molar-refractivity contribution in [1.82, 2.24) is 9.97 Å². The molecule has 0 fully saturated rings. The fraction of sp³-hybridized carbons (Fsp3) is 0.182. The van der Waals surface area contributed by atoms with Gasteiger partial charge in [-0.25, -0.2) is 4.98 Å². The summed E-state index contributed by atoms with van der Waals surface area (Å²) in [5.74, 6) is 6.05. The molecule has 0 aliphatic rings.